The lowest BCUT2D eigenvalue weighted by molar-refractivity contribution is -0.139. The van der Waals surface area contributed by atoms with Crippen LogP contribution in [0.5, 0.6) is 5.75 Å². The van der Waals surface area contributed by atoms with Gasteiger partial charge in [0, 0.05) is 17.8 Å². The molecule has 176 valence electrons. The monoisotopic (exact) mass is 461 g/mol. The van der Waals surface area contributed by atoms with Gasteiger partial charge >= 0.3 is 0 Å². The summed E-state index contributed by atoms with van der Waals surface area (Å²) >= 11 is 0. The molecule has 0 aliphatic carbocycles. The Balaban J connectivity index is 1.45. The van der Waals surface area contributed by atoms with Gasteiger partial charge in [0.2, 0.25) is 0 Å². The molecule has 7 heteroatoms. The first kappa shape index (κ1) is 22.3. The summed E-state index contributed by atoms with van der Waals surface area (Å²) in [6.45, 7) is 1.93. The van der Waals surface area contributed by atoms with Crippen LogP contribution in [0, 0.1) is 12.7 Å². The van der Waals surface area contributed by atoms with Gasteiger partial charge in [-0.1, -0.05) is 18.2 Å². The quantitative estimate of drug-likeness (QED) is 0.577. The topological polar surface area (TPSA) is 67.6 Å². The SMILES string of the molecule is COc1cc(C=C2CC[C@@H]3C[C@H](O)C[C@@H](c4ccc(F)cc4)N3C2=O)ccc1-n1cnc(C)c1. The van der Waals surface area contributed by atoms with Crippen LogP contribution in [0.2, 0.25) is 0 Å². The second kappa shape index (κ2) is 9.06. The number of carbonyl (C=O) groups is 1. The Hall–Kier alpha value is -3.45. The van der Waals surface area contributed by atoms with E-state index in [0.717, 1.165) is 34.5 Å². The zero-order valence-electron chi connectivity index (χ0n) is 19.3. The molecular formula is C27H28FN3O3. The molecule has 1 N–H and O–H groups in total. The van der Waals surface area contributed by atoms with Crippen LogP contribution >= 0.6 is 0 Å². The van der Waals surface area contributed by atoms with Crippen molar-refractivity contribution in [1.82, 2.24) is 14.5 Å². The summed E-state index contributed by atoms with van der Waals surface area (Å²) in [5.74, 6) is 0.356. The van der Waals surface area contributed by atoms with Gasteiger partial charge in [-0.15, -0.1) is 0 Å². The van der Waals surface area contributed by atoms with Gasteiger partial charge in [0.25, 0.3) is 5.91 Å². The number of rotatable bonds is 4. The smallest absolute Gasteiger partial charge is 0.250 e. The van der Waals surface area contributed by atoms with Gasteiger partial charge in [-0.3, -0.25) is 4.79 Å². The highest BCUT2D eigenvalue weighted by atomic mass is 19.1. The second-order valence-electron chi connectivity index (χ2n) is 9.12. The van der Waals surface area contributed by atoms with Crippen LogP contribution in [0.4, 0.5) is 4.39 Å². The van der Waals surface area contributed by atoms with Crippen LogP contribution in [0.15, 0.2) is 60.6 Å². The van der Waals surface area contributed by atoms with Crippen molar-refractivity contribution in [3.05, 3.63) is 83.2 Å². The minimum Gasteiger partial charge on any atom is -0.495 e. The molecule has 0 radical (unpaired) electrons. The highest BCUT2D eigenvalue weighted by Gasteiger charge is 2.42. The number of hydrogen-bond acceptors (Lipinski definition) is 4. The Morgan fingerprint density at radius 1 is 1.18 bits per heavy atom. The predicted octanol–water partition coefficient (Wildman–Crippen LogP) is 4.60. The molecule has 34 heavy (non-hydrogen) atoms. The Morgan fingerprint density at radius 2 is 1.97 bits per heavy atom. The lowest BCUT2D eigenvalue weighted by Crippen LogP contribution is -2.52. The summed E-state index contributed by atoms with van der Waals surface area (Å²) in [7, 11) is 1.63. The number of methoxy groups -OCH3 is 1. The van der Waals surface area contributed by atoms with Crippen molar-refractivity contribution < 1.29 is 19.0 Å². The molecule has 1 amide bonds. The van der Waals surface area contributed by atoms with Crippen molar-refractivity contribution in [2.45, 2.75) is 50.8 Å². The van der Waals surface area contributed by atoms with Gasteiger partial charge in [0.15, 0.2) is 0 Å². The zero-order chi connectivity index (χ0) is 23.8. The van der Waals surface area contributed by atoms with Crippen LogP contribution in [0.3, 0.4) is 0 Å². The lowest BCUT2D eigenvalue weighted by atomic mass is 9.82. The first-order valence-electron chi connectivity index (χ1n) is 11.6. The fourth-order valence-electron chi connectivity index (χ4n) is 5.18. The fraction of sp³-hybridized carbons (Fsp3) is 0.333. The number of benzene rings is 2. The number of halogens is 1. The van der Waals surface area contributed by atoms with Crippen LogP contribution in [-0.2, 0) is 4.79 Å². The standard InChI is InChI=1S/C27H28FN3O3/c1-17-15-30(16-29-17)24-10-3-18(12-26(24)34-2)11-20-6-9-22-13-23(32)14-25(31(22)27(20)33)19-4-7-21(28)8-5-19/h3-5,7-8,10-12,15-16,22-23,25,32H,6,9,13-14H2,1-2H3/t22-,23+,25+/m1/s1. The van der Waals surface area contributed by atoms with E-state index in [0.29, 0.717) is 25.0 Å². The molecule has 3 atom stereocenters. The summed E-state index contributed by atoms with van der Waals surface area (Å²) in [5.41, 5.74) is 4.25. The molecule has 0 spiro atoms. The molecule has 0 saturated carbocycles. The molecule has 2 aliphatic heterocycles. The molecule has 2 aromatic carbocycles. The first-order chi connectivity index (χ1) is 16.4. The maximum atomic E-state index is 13.6. The molecule has 2 fully saturated rings. The molecular weight excluding hydrogens is 433 g/mol. The minimum atomic E-state index is -0.474. The molecule has 0 bridgehead atoms. The summed E-state index contributed by atoms with van der Waals surface area (Å²) in [4.78, 5) is 19.8. The van der Waals surface area contributed by atoms with E-state index in [1.165, 1.54) is 12.1 Å². The highest BCUT2D eigenvalue weighted by Crippen LogP contribution is 2.41. The third-order valence-electron chi connectivity index (χ3n) is 6.81. The summed E-state index contributed by atoms with van der Waals surface area (Å²) in [6.07, 6.45) is 7.59. The minimum absolute atomic E-state index is 0.0225. The zero-order valence-corrected chi connectivity index (χ0v) is 19.3. The van der Waals surface area contributed by atoms with E-state index in [4.69, 9.17) is 4.74 Å². The normalized spacial score (nSPS) is 23.8. The number of nitrogens with zero attached hydrogens (tertiary/aromatic N) is 3. The van der Waals surface area contributed by atoms with Gasteiger partial charge in [-0.2, -0.15) is 0 Å². The van der Waals surface area contributed by atoms with Crippen molar-refractivity contribution in [3.63, 3.8) is 0 Å². The number of aliphatic hydroxyl groups excluding tert-OH is 1. The summed E-state index contributed by atoms with van der Waals surface area (Å²) in [6, 6.07) is 11.8. The van der Waals surface area contributed by atoms with E-state index in [2.05, 4.69) is 4.98 Å². The van der Waals surface area contributed by atoms with Gasteiger partial charge in [-0.25, -0.2) is 9.37 Å². The number of fused-ring (bicyclic) bond motifs is 1. The third kappa shape index (κ3) is 4.23. The maximum Gasteiger partial charge on any atom is 0.250 e. The number of amides is 1. The lowest BCUT2D eigenvalue weighted by Gasteiger charge is -2.47. The Bertz CT molecular complexity index is 1230. The van der Waals surface area contributed by atoms with Crippen molar-refractivity contribution >= 4 is 12.0 Å². The van der Waals surface area contributed by atoms with E-state index in [1.807, 2.05) is 46.9 Å². The molecule has 0 unspecified atom stereocenters. The van der Waals surface area contributed by atoms with Crippen molar-refractivity contribution in [3.8, 4) is 11.4 Å². The number of ether oxygens (including phenoxy) is 1. The van der Waals surface area contributed by atoms with Gasteiger partial charge in [-0.05, 0) is 74.1 Å². The molecule has 3 aromatic rings. The molecule has 5 rings (SSSR count). The number of hydrogen-bond donors (Lipinski definition) is 1. The Morgan fingerprint density at radius 3 is 2.68 bits per heavy atom. The number of aryl methyl sites for hydroxylation is 1. The van der Waals surface area contributed by atoms with E-state index in [-0.39, 0.29) is 23.8 Å². The number of aromatic nitrogens is 2. The Labute approximate surface area is 198 Å². The van der Waals surface area contributed by atoms with Crippen molar-refractivity contribution in [1.29, 1.82) is 0 Å². The van der Waals surface area contributed by atoms with Crippen LogP contribution < -0.4 is 4.74 Å². The molecule has 1 aromatic heterocycles. The van der Waals surface area contributed by atoms with Gasteiger partial charge in [0.05, 0.1) is 37.0 Å². The van der Waals surface area contributed by atoms with E-state index < -0.39 is 6.10 Å². The predicted molar refractivity (Wildman–Crippen MR) is 127 cm³/mol. The molecule has 2 aliphatic rings. The number of imidazole rings is 1. The number of carbonyl (C=O) groups excluding carboxylic acids is 1. The Kier molecular flexibility index (Phi) is 5.96. The summed E-state index contributed by atoms with van der Waals surface area (Å²) < 4.78 is 21.0. The highest BCUT2D eigenvalue weighted by molar-refractivity contribution is 5.99. The number of aliphatic hydroxyl groups is 1. The van der Waals surface area contributed by atoms with Gasteiger partial charge in [0.1, 0.15) is 11.6 Å². The fourth-order valence-corrected chi connectivity index (χ4v) is 5.18. The molecule has 6 nitrogen and oxygen atoms in total. The van der Waals surface area contributed by atoms with Crippen LogP contribution in [-0.4, -0.2) is 44.7 Å². The van der Waals surface area contributed by atoms with Crippen molar-refractivity contribution in [2.75, 3.05) is 7.11 Å². The van der Waals surface area contributed by atoms with E-state index in [1.54, 1.807) is 25.6 Å². The largest absolute Gasteiger partial charge is 0.495 e. The third-order valence-corrected chi connectivity index (χ3v) is 6.81. The van der Waals surface area contributed by atoms with E-state index >= 15 is 0 Å². The average molecular weight is 462 g/mol. The van der Waals surface area contributed by atoms with Crippen LogP contribution in [0.25, 0.3) is 11.8 Å². The number of piperidine rings is 2. The first-order valence-corrected chi connectivity index (χ1v) is 11.6. The van der Waals surface area contributed by atoms with Crippen molar-refractivity contribution in [2.24, 2.45) is 0 Å². The molecule has 3 heterocycles. The van der Waals surface area contributed by atoms with E-state index in [9.17, 15) is 14.3 Å². The molecule has 2 saturated heterocycles. The average Bonchev–Trinajstić information content (AvgIpc) is 3.26. The second-order valence-corrected chi connectivity index (χ2v) is 9.12. The summed E-state index contributed by atoms with van der Waals surface area (Å²) in [5, 5.41) is 10.5. The maximum absolute atomic E-state index is 13.6. The van der Waals surface area contributed by atoms with Crippen LogP contribution in [0.1, 0.15) is 48.5 Å². The van der Waals surface area contributed by atoms with Gasteiger partial charge < -0.3 is 19.3 Å².